The molecule has 0 unspecified atom stereocenters. The third kappa shape index (κ3) is 10.0. The van der Waals surface area contributed by atoms with E-state index in [0.717, 1.165) is 16.2 Å². The second-order valence-corrected chi connectivity index (χ2v) is 19.0. The predicted molar refractivity (Wildman–Crippen MR) is 230 cm³/mol. The van der Waals surface area contributed by atoms with Gasteiger partial charge in [0.25, 0.3) is 0 Å². The van der Waals surface area contributed by atoms with Gasteiger partial charge in [-0.05, 0) is 44.6 Å². The van der Waals surface area contributed by atoms with E-state index in [2.05, 4.69) is 180 Å². The molecule has 0 bridgehead atoms. The van der Waals surface area contributed by atoms with Gasteiger partial charge in [0.15, 0.2) is 0 Å². The van der Waals surface area contributed by atoms with Crippen molar-refractivity contribution in [1.29, 1.82) is 0 Å². The summed E-state index contributed by atoms with van der Waals surface area (Å²) >= 11 is 6.07. The minimum atomic E-state index is 0. The topological polar surface area (TPSA) is 0 Å². The van der Waals surface area contributed by atoms with Gasteiger partial charge >= 0.3 is 26.2 Å². The summed E-state index contributed by atoms with van der Waals surface area (Å²) in [4.78, 5) is 0. The molecule has 0 saturated heterocycles. The van der Waals surface area contributed by atoms with Crippen LogP contribution in [0.1, 0.15) is 116 Å². The van der Waals surface area contributed by atoms with E-state index >= 15 is 0 Å². The molecular formula is C51H55Cl3Zr. The average Bonchev–Trinajstić information content (AvgIpc) is 3.71. The first-order valence-corrected chi connectivity index (χ1v) is 19.1. The van der Waals surface area contributed by atoms with Crippen LogP contribution in [-0.2, 0) is 47.9 Å². The minimum Gasteiger partial charge on any atom is -1.00 e. The second kappa shape index (κ2) is 17.4. The molecule has 1 aliphatic rings. The van der Waals surface area contributed by atoms with Crippen LogP contribution in [0.4, 0.5) is 0 Å². The quantitative estimate of drug-likeness (QED) is 0.153. The number of halogens is 3. The summed E-state index contributed by atoms with van der Waals surface area (Å²) in [5.41, 5.74) is 11.1. The van der Waals surface area contributed by atoms with E-state index in [9.17, 15) is 0 Å². The van der Waals surface area contributed by atoms with Gasteiger partial charge in [-0.15, -0.1) is 45.8 Å². The van der Waals surface area contributed by atoms with Crippen molar-refractivity contribution in [3.05, 3.63) is 165 Å². The molecule has 1 aliphatic carbocycles. The van der Waals surface area contributed by atoms with Gasteiger partial charge in [-0.2, -0.15) is 23.8 Å². The maximum Gasteiger partial charge on any atom is 4.00 e. The van der Waals surface area contributed by atoms with Crippen molar-refractivity contribution in [2.45, 2.75) is 105 Å². The maximum atomic E-state index is 6.07. The van der Waals surface area contributed by atoms with Gasteiger partial charge in [-0.3, -0.25) is 0 Å². The fourth-order valence-corrected chi connectivity index (χ4v) is 7.72. The summed E-state index contributed by atoms with van der Waals surface area (Å²) in [6.45, 7) is 28.0. The average molecular weight is 866 g/mol. The third-order valence-electron chi connectivity index (χ3n) is 10.3. The van der Waals surface area contributed by atoms with Gasteiger partial charge in [0.2, 0.25) is 0 Å². The van der Waals surface area contributed by atoms with Crippen LogP contribution < -0.4 is 24.8 Å². The predicted octanol–water partition coefficient (Wildman–Crippen LogP) is 9.13. The van der Waals surface area contributed by atoms with Crippen LogP contribution in [-0.4, -0.2) is 0 Å². The number of fused-ring (bicyclic) bond motifs is 4. The molecule has 4 heteroatoms. The molecule has 6 aromatic carbocycles. The number of benzene rings is 5. The zero-order valence-corrected chi connectivity index (χ0v) is 39.3. The standard InChI is InChI=1S/C29H41.C22H14Cl.2ClH.Zr/c1-26(2,3)22-14-18-13-19-15-23(27(4,5)6)25(29(10,11)12)17-21(19)20(18)16-24(22)28(7,8)9;23-19-14-12-18(13-15-19)22(17-7-1-2-8-17)21-11-5-9-16-6-3-4-10-20(16)21;;;/h13-17H,1-12H3;1-7,9-15H;2*1H;/q2*-1;;;+4/p-2. The molecule has 0 N–H and O–H groups in total. The Labute approximate surface area is 367 Å². The molecule has 0 spiro atoms. The van der Waals surface area contributed by atoms with Crippen LogP contribution in [0.2, 0.25) is 5.02 Å². The molecule has 0 saturated carbocycles. The van der Waals surface area contributed by atoms with E-state index in [1.807, 2.05) is 24.3 Å². The molecule has 284 valence electrons. The molecule has 7 rings (SSSR count). The molecule has 0 heterocycles. The van der Waals surface area contributed by atoms with Crippen LogP contribution in [0.15, 0.2) is 121 Å². The summed E-state index contributed by atoms with van der Waals surface area (Å²) in [6, 6.07) is 35.2. The van der Waals surface area contributed by atoms with Gasteiger partial charge in [0.1, 0.15) is 0 Å². The molecule has 0 atom stereocenters. The number of allylic oxidation sites excluding steroid dienone is 5. The van der Waals surface area contributed by atoms with Crippen molar-refractivity contribution in [2.75, 3.05) is 0 Å². The van der Waals surface area contributed by atoms with E-state index in [1.54, 1.807) is 0 Å². The van der Waals surface area contributed by atoms with Crippen molar-refractivity contribution in [1.82, 2.24) is 0 Å². The van der Waals surface area contributed by atoms with E-state index in [-0.39, 0.29) is 72.7 Å². The normalized spacial score (nSPS) is 13.9. The Hall–Kier alpha value is -2.80. The summed E-state index contributed by atoms with van der Waals surface area (Å²) < 4.78 is 0. The Morgan fingerprint density at radius 1 is 0.545 bits per heavy atom. The van der Waals surface area contributed by atoms with Crippen LogP contribution in [0.25, 0.3) is 37.9 Å². The molecule has 55 heavy (non-hydrogen) atoms. The Morgan fingerprint density at radius 2 is 1.00 bits per heavy atom. The first kappa shape index (κ1) is 46.6. The first-order chi connectivity index (χ1) is 24.2. The van der Waals surface area contributed by atoms with E-state index in [0.29, 0.717) is 0 Å². The van der Waals surface area contributed by atoms with Crippen molar-refractivity contribution < 1.29 is 51.0 Å². The smallest absolute Gasteiger partial charge is 1.00 e. The zero-order valence-electron chi connectivity index (χ0n) is 34.6. The fourth-order valence-electron chi connectivity index (χ4n) is 7.59. The first-order valence-electron chi connectivity index (χ1n) is 18.7. The van der Waals surface area contributed by atoms with Gasteiger partial charge in [-0.1, -0.05) is 200 Å². The fraction of sp³-hybridized carbons (Fsp3) is 0.314. The molecular weight excluding hydrogens is 810 g/mol. The number of hydrogen-bond donors (Lipinski definition) is 0. The molecule has 0 nitrogen and oxygen atoms in total. The van der Waals surface area contributed by atoms with Crippen molar-refractivity contribution in [2.24, 2.45) is 0 Å². The third-order valence-corrected chi connectivity index (χ3v) is 10.5. The van der Waals surface area contributed by atoms with Crippen molar-refractivity contribution >= 4 is 49.5 Å². The van der Waals surface area contributed by atoms with Crippen molar-refractivity contribution in [3.63, 3.8) is 0 Å². The summed E-state index contributed by atoms with van der Waals surface area (Å²) in [5, 5.41) is 8.80. The van der Waals surface area contributed by atoms with Crippen LogP contribution >= 0.6 is 11.6 Å². The molecule has 0 radical (unpaired) electrons. The van der Waals surface area contributed by atoms with Gasteiger partial charge in [-0.25, -0.2) is 0 Å². The molecule has 6 aromatic rings. The van der Waals surface area contributed by atoms with Crippen LogP contribution in [0, 0.1) is 6.08 Å². The largest absolute Gasteiger partial charge is 4.00 e. The molecule has 0 aliphatic heterocycles. The summed E-state index contributed by atoms with van der Waals surface area (Å²) in [5.74, 6) is 0. The van der Waals surface area contributed by atoms with E-state index < -0.39 is 0 Å². The van der Waals surface area contributed by atoms with Crippen molar-refractivity contribution in [3.8, 4) is 0 Å². The monoisotopic (exact) mass is 862 g/mol. The summed E-state index contributed by atoms with van der Waals surface area (Å²) in [7, 11) is 0. The maximum absolute atomic E-state index is 6.07. The number of hydrogen-bond acceptors (Lipinski definition) is 0. The Bertz CT molecular complexity index is 2270. The Morgan fingerprint density at radius 3 is 1.45 bits per heavy atom. The summed E-state index contributed by atoms with van der Waals surface area (Å²) in [6.07, 6.45) is 9.43. The minimum absolute atomic E-state index is 0. The van der Waals surface area contributed by atoms with Crippen LogP contribution in [0.3, 0.4) is 0 Å². The van der Waals surface area contributed by atoms with Gasteiger partial charge < -0.3 is 24.8 Å². The van der Waals surface area contributed by atoms with Gasteiger partial charge in [0.05, 0.1) is 0 Å². The molecule has 0 amide bonds. The van der Waals surface area contributed by atoms with Gasteiger partial charge in [0, 0.05) is 5.02 Å². The Balaban J connectivity index is 0.000000286. The SMILES string of the molecule is CC(C)(C)c1cc2[cH-]c3cc(C(C)(C)C)c(C(C)(C)C)cc3c2cc1C(C)(C)C.Clc1ccc(C(=C2[C-]=CC=C2)c2cccc3ccccc23)cc1.[Cl-].[Cl-].[Zr+4]. The second-order valence-electron chi connectivity index (χ2n) is 18.6. The zero-order chi connectivity index (χ0) is 37.8. The molecule has 0 fully saturated rings. The molecule has 0 aromatic heterocycles. The van der Waals surface area contributed by atoms with E-state index in [4.69, 9.17) is 11.6 Å². The Kier molecular flexibility index (Phi) is 14.7. The number of rotatable bonds is 2. The van der Waals surface area contributed by atoms with Crippen LogP contribution in [0.5, 0.6) is 0 Å². The van der Waals surface area contributed by atoms with E-state index in [1.165, 1.54) is 65.7 Å².